The molecule has 1 heterocycles. The Balaban J connectivity index is 2.66. The van der Waals surface area contributed by atoms with Crippen molar-refractivity contribution in [1.82, 2.24) is 10.3 Å². The lowest BCUT2D eigenvalue weighted by molar-refractivity contribution is 0.513. The van der Waals surface area contributed by atoms with Crippen LogP contribution >= 0.6 is 15.9 Å². The van der Waals surface area contributed by atoms with Crippen molar-refractivity contribution in [2.45, 2.75) is 13.3 Å². The highest BCUT2D eigenvalue weighted by atomic mass is 79.9. The van der Waals surface area contributed by atoms with Gasteiger partial charge < -0.3 is 15.1 Å². The zero-order chi connectivity index (χ0) is 10.4. The molecule has 0 atom stereocenters. The molecule has 0 aliphatic rings. The van der Waals surface area contributed by atoms with Crippen LogP contribution in [0, 0.1) is 5.41 Å². The fourth-order valence-corrected chi connectivity index (χ4v) is 1.25. The summed E-state index contributed by atoms with van der Waals surface area (Å²) in [5.41, 5.74) is 0.851. The highest BCUT2D eigenvalue weighted by Crippen LogP contribution is 2.16. The second kappa shape index (κ2) is 5.59. The van der Waals surface area contributed by atoms with Crippen LogP contribution in [0.1, 0.15) is 12.7 Å². The number of oxazole rings is 1. The molecule has 0 aliphatic carbocycles. The molecule has 1 aromatic heterocycles. The first-order chi connectivity index (χ1) is 6.77. The van der Waals surface area contributed by atoms with Crippen molar-refractivity contribution >= 4 is 22.1 Å². The largest absolute Gasteiger partial charge is 0.447 e. The van der Waals surface area contributed by atoms with E-state index in [9.17, 15) is 0 Å². The maximum Gasteiger partial charge on any atom is 0.182 e. The minimum absolute atomic E-state index is 0.567. The van der Waals surface area contributed by atoms with Crippen molar-refractivity contribution in [3.63, 3.8) is 0 Å². The molecule has 0 bridgehead atoms. The topological polar surface area (TPSA) is 61.9 Å². The maximum absolute atomic E-state index is 7.20. The Kier molecular flexibility index (Phi) is 4.39. The van der Waals surface area contributed by atoms with Crippen LogP contribution < -0.4 is 5.32 Å². The van der Waals surface area contributed by atoms with Gasteiger partial charge in [0.1, 0.15) is 10.4 Å². The van der Waals surface area contributed by atoms with Gasteiger partial charge in [0.15, 0.2) is 6.39 Å². The van der Waals surface area contributed by atoms with E-state index >= 15 is 0 Å². The first-order valence-electron chi connectivity index (χ1n) is 4.28. The van der Waals surface area contributed by atoms with Crippen LogP contribution in [-0.4, -0.2) is 17.7 Å². The number of allylic oxidation sites excluding steroid dienone is 1. The fraction of sp³-hybridized carbons (Fsp3) is 0.333. The third-order valence-electron chi connectivity index (χ3n) is 1.63. The van der Waals surface area contributed by atoms with Gasteiger partial charge in [0.05, 0.1) is 0 Å². The number of nitrogens with zero attached hydrogens (tertiary/aromatic N) is 1. The van der Waals surface area contributed by atoms with E-state index in [1.807, 2.05) is 13.1 Å². The van der Waals surface area contributed by atoms with Crippen LogP contribution in [0.25, 0.3) is 0 Å². The van der Waals surface area contributed by atoms with E-state index in [1.54, 1.807) is 0 Å². The SMILES string of the molecule is CCN/C=C(\C=N)Cc1ocnc1Br. The minimum Gasteiger partial charge on any atom is -0.447 e. The smallest absolute Gasteiger partial charge is 0.182 e. The molecule has 1 aromatic rings. The normalized spacial score (nSPS) is 11.4. The Hall–Kier alpha value is -1.10. The molecule has 0 aliphatic heterocycles. The molecule has 0 fully saturated rings. The highest BCUT2D eigenvalue weighted by Gasteiger charge is 2.06. The molecule has 4 nitrogen and oxygen atoms in total. The average Bonchev–Trinajstić information content (AvgIpc) is 2.59. The third kappa shape index (κ3) is 2.99. The Morgan fingerprint density at radius 1 is 1.79 bits per heavy atom. The summed E-state index contributed by atoms with van der Waals surface area (Å²) in [6, 6.07) is 0. The van der Waals surface area contributed by atoms with Gasteiger partial charge >= 0.3 is 0 Å². The number of halogens is 1. The minimum atomic E-state index is 0.567. The number of rotatable bonds is 5. The molecule has 0 amide bonds. The van der Waals surface area contributed by atoms with Gasteiger partial charge in [-0.2, -0.15) is 0 Å². The zero-order valence-electron chi connectivity index (χ0n) is 7.88. The van der Waals surface area contributed by atoms with Crippen molar-refractivity contribution in [3.05, 3.63) is 28.5 Å². The number of nitrogens with one attached hydrogen (secondary N) is 2. The summed E-state index contributed by atoms with van der Waals surface area (Å²) < 4.78 is 5.84. The molecule has 14 heavy (non-hydrogen) atoms. The zero-order valence-corrected chi connectivity index (χ0v) is 9.47. The van der Waals surface area contributed by atoms with Crippen LogP contribution in [0.2, 0.25) is 0 Å². The lowest BCUT2D eigenvalue weighted by atomic mass is 10.2. The summed E-state index contributed by atoms with van der Waals surface area (Å²) in [5.74, 6) is 0.734. The van der Waals surface area contributed by atoms with E-state index in [-0.39, 0.29) is 0 Å². The highest BCUT2D eigenvalue weighted by molar-refractivity contribution is 9.10. The van der Waals surface area contributed by atoms with Gasteiger partial charge in [0, 0.05) is 25.4 Å². The van der Waals surface area contributed by atoms with Crippen LogP contribution in [0.15, 0.2) is 27.2 Å². The fourth-order valence-electron chi connectivity index (χ4n) is 0.934. The summed E-state index contributed by atoms with van der Waals surface area (Å²) in [5, 5.41) is 10.2. The van der Waals surface area contributed by atoms with Crippen molar-refractivity contribution in [2.75, 3.05) is 6.54 Å². The number of hydrogen-bond donors (Lipinski definition) is 2. The van der Waals surface area contributed by atoms with Gasteiger partial charge in [0.25, 0.3) is 0 Å². The Labute approximate surface area is 91.0 Å². The molecular weight excluding hydrogens is 246 g/mol. The Morgan fingerprint density at radius 2 is 2.57 bits per heavy atom. The van der Waals surface area contributed by atoms with Crippen molar-refractivity contribution in [1.29, 1.82) is 5.41 Å². The predicted octanol–water partition coefficient (Wildman–Crippen LogP) is 2.12. The van der Waals surface area contributed by atoms with Gasteiger partial charge in [-0.25, -0.2) is 4.98 Å². The molecule has 0 unspecified atom stereocenters. The summed E-state index contributed by atoms with van der Waals surface area (Å²) in [7, 11) is 0. The van der Waals surface area contributed by atoms with Gasteiger partial charge in [-0.1, -0.05) is 0 Å². The molecule has 0 aromatic carbocycles. The average molecular weight is 258 g/mol. The summed E-state index contributed by atoms with van der Waals surface area (Å²) in [4.78, 5) is 3.91. The van der Waals surface area contributed by atoms with E-state index in [2.05, 4.69) is 26.2 Å². The van der Waals surface area contributed by atoms with E-state index in [0.717, 1.165) is 17.9 Å². The molecule has 76 valence electrons. The molecule has 5 heteroatoms. The van der Waals surface area contributed by atoms with Crippen LogP contribution in [0.4, 0.5) is 0 Å². The second-order valence-corrected chi connectivity index (χ2v) is 3.42. The van der Waals surface area contributed by atoms with Crippen molar-refractivity contribution in [2.24, 2.45) is 0 Å². The van der Waals surface area contributed by atoms with Gasteiger partial charge in [0.2, 0.25) is 0 Å². The van der Waals surface area contributed by atoms with E-state index in [4.69, 9.17) is 9.83 Å². The second-order valence-electron chi connectivity index (χ2n) is 2.66. The lowest BCUT2D eigenvalue weighted by Gasteiger charge is -1.99. The first-order valence-corrected chi connectivity index (χ1v) is 5.08. The van der Waals surface area contributed by atoms with Gasteiger partial charge in [-0.05, 0) is 28.4 Å². The monoisotopic (exact) mass is 257 g/mol. The molecule has 0 radical (unpaired) electrons. The maximum atomic E-state index is 7.20. The van der Waals surface area contributed by atoms with E-state index < -0.39 is 0 Å². The summed E-state index contributed by atoms with van der Waals surface area (Å²) in [6.07, 6.45) is 5.06. The van der Waals surface area contributed by atoms with Gasteiger partial charge in [-0.15, -0.1) is 0 Å². The van der Waals surface area contributed by atoms with Gasteiger partial charge in [-0.3, -0.25) is 0 Å². The predicted molar refractivity (Wildman–Crippen MR) is 58.5 cm³/mol. The van der Waals surface area contributed by atoms with Crippen molar-refractivity contribution in [3.8, 4) is 0 Å². The molecular formula is C9H12BrN3O. The Bertz CT molecular complexity index is 333. The summed E-state index contributed by atoms with van der Waals surface area (Å²) in [6.45, 7) is 2.84. The molecule has 1 rings (SSSR count). The molecule has 0 spiro atoms. The Morgan fingerprint density at radius 3 is 3.07 bits per heavy atom. The molecule has 0 saturated heterocycles. The van der Waals surface area contributed by atoms with E-state index in [0.29, 0.717) is 11.0 Å². The number of hydrogen-bond acceptors (Lipinski definition) is 4. The van der Waals surface area contributed by atoms with Crippen LogP contribution in [0.3, 0.4) is 0 Å². The quantitative estimate of drug-likeness (QED) is 0.795. The molecule has 0 saturated carbocycles. The third-order valence-corrected chi connectivity index (χ3v) is 2.28. The molecule has 2 N–H and O–H groups in total. The van der Waals surface area contributed by atoms with Crippen LogP contribution in [0.5, 0.6) is 0 Å². The summed E-state index contributed by atoms with van der Waals surface area (Å²) >= 11 is 3.26. The van der Waals surface area contributed by atoms with Crippen LogP contribution in [-0.2, 0) is 6.42 Å². The van der Waals surface area contributed by atoms with E-state index in [1.165, 1.54) is 12.6 Å². The van der Waals surface area contributed by atoms with Crippen molar-refractivity contribution < 1.29 is 4.42 Å². The first kappa shape index (κ1) is 11.0. The number of aromatic nitrogens is 1. The standard InChI is InChI=1S/C9H12BrN3O/c1-2-12-5-7(4-11)3-8-9(10)13-6-14-8/h4-6,11-12H,2-3H2,1H3/b7-5-,11-4?. The lowest BCUT2D eigenvalue weighted by Crippen LogP contribution is -2.05.